The summed E-state index contributed by atoms with van der Waals surface area (Å²) >= 11 is 0. The zero-order chi connectivity index (χ0) is 33.1. The summed E-state index contributed by atoms with van der Waals surface area (Å²) in [6.07, 6.45) is 1.46. The lowest BCUT2D eigenvalue weighted by Crippen LogP contribution is -2.41. The van der Waals surface area contributed by atoms with Gasteiger partial charge in [-0.2, -0.15) is 10.2 Å². The first-order valence-electron chi connectivity index (χ1n) is 14.6. The number of fused-ring (bicyclic) bond motifs is 2. The molecule has 0 aliphatic carbocycles. The van der Waals surface area contributed by atoms with E-state index in [2.05, 4.69) is 20.8 Å². The molecule has 0 radical (unpaired) electrons. The Bertz CT molecular complexity index is 1800. The average Bonchev–Trinajstić information content (AvgIpc) is 3.53. The number of carbonyl (C=O) groups is 5. The predicted molar refractivity (Wildman–Crippen MR) is 165 cm³/mol. The lowest BCUT2D eigenvalue weighted by atomic mass is 9.95. The number of aromatic nitrogens is 4. The molecule has 4 rings (SSSR count). The Balaban J connectivity index is 1.59. The fourth-order valence-corrected chi connectivity index (χ4v) is 4.83. The second kappa shape index (κ2) is 13.4. The van der Waals surface area contributed by atoms with Crippen LogP contribution in [0.3, 0.4) is 0 Å². The molecular formula is C32H37FN6O6. The molecule has 2 aromatic heterocycles. The second-order valence-corrected chi connectivity index (χ2v) is 12.1. The molecule has 0 aliphatic rings. The molecule has 2 N–H and O–H groups in total. The molecule has 0 saturated heterocycles. The Morgan fingerprint density at radius 3 is 2.33 bits per heavy atom. The smallest absolute Gasteiger partial charge is 0.325 e. The van der Waals surface area contributed by atoms with Crippen molar-refractivity contribution in [2.24, 2.45) is 0 Å². The van der Waals surface area contributed by atoms with Crippen LogP contribution in [0.5, 0.6) is 0 Å². The normalized spacial score (nSPS) is 11.6. The Hall–Kier alpha value is -4.94. The first-order chi connectivity index (χ1) is 21.1. The highest BCUT2D eigenvalue weighted by atomic mass is 19.1. The molecule has 0 unspecified atom stereocenters. The van der Waals surface area contributed by atoms with Gasteiger partial charge in [-0.1, -0.05) is 26.0 Å². The number of ether oxygens (including phenoxy) is 1. The van der Waals surface area contributed by atoms with Gasteiger partial charge >= 0.3 is 5.97 Å². The summed E-state index contributed by atoms with van der Waals surface area (Å²) in [5, 5.41) is 14.8. The van der Waals surface area contributed by atoms with Gasteiger partial charge in [-0.05, 0) is 57.4 Å². The number of hydrogen-bond acceptors (Lipinski definition) is 8. The molecular weight excluding hydrogens is 583 g/mol. The molecule has 238 valence electrons. The number of rotatable bonds is 11. The molecule has 12 nitrogen and oxygen atoms in total. The first kappa shape index (κ1) is 33.0. The number of amides is 2. The summed E-state index contributed by atoms with van der Waals surface area (Å²) in [5.41, 5.74) is 1.67. The molecule has 0 aliphatic heterocycles. The van der Waals surface area contributed by atoms with E-state index in [1.807, 2.05) is 13.8 Å². The average molecular weight is 621 g/mol. The number of nitrogens with one attached hydrogen (secondary N) is 2. The number of nitrogens with zero attached hydrogens (tertiary/aromatic N) is 4. The quantitative estimate of drug-likeness (QED) is 0.239. The van der Waals surface area contributed by atoms with Crippen LogP contribution in [0, 0.1) is 5.82 Å². The third-order valence-corrected chi connectivity index (χ3v) is 6.82. The van der Waals surface area contributed by atoms with Crippen molar-refractivity contribution in [2.75, 3.05) is 13.1 Å². The number of benzene rings is 2. The van der Waals surface area contributed by atoms with E-state index in [-0.39, 0.29) is 55.6 Å². The van der Waals surface area contributed by atoms with Crippen molar-refractivity contribution in [3.05, 3.63) is 48.0 Å². The number of ketones is 1. The minimum absolute atomic E-state index is 0.0217. The number of hydrogen-bond donors (Lipinski definition) is 2. The van der Waals surface area contributed by atoms with Crippen LogP contribution in [-0.4, -0.2) is 67.7 Å². The topological polar surface area (TPSA) is 154 Å². The summed E-state index contributed by atoms with van der Waals surface area (Å²) < 4.78 is 23.4. The largest absolute Gasteiger partial charge is 0.459 e. The highest BCUT2D eigenvalue weighted by molar-refractivity contribution is 6.01. The van der Waals surface area contributed by atoms with E-state index in [1.54, 1.807) is 45.0 Å². The van der Waals surface area contributed by atoms with Gasteiger partial charge in [0.15, 0.2) is 0 Å². The van der Waals surface area contributed by atoms with E-state index in [0.717, 1.165) is 0 Å². The number of esters is 1. The lowest BCUT2D eigenvalue weighted by molar-refractivity contribution is -0.154. The van der Waals surface area contributed by atoms with Crippen molar-refractivity contribution >= 4 is 51.3 Å². The van der Waals surface area contributed by atoms with Crippen molar-refractivity contribution in [1.82, 2.24) is 30.2 Å². The lowest BCUT2D eigenvalue weighted by Gasteiger charge is -2.19. The van der Waals surface area contributed by atoms with Crippen molar-refractivity contribution in [1.29, 1.82) is 0 Å². The van der Waals surface area contributed by atoms with Crippen LogP contribution in [0.15, 0.2) is 36.5 Å². The Morgan fingerprint density at radius 2 is 1.67 bits per heavy atom. The van der Waals surface area contributed by atoms with Crippen LogP contribution in [0.2, 0.25) is 0 Å². The minimum atomic E-state index is -0.686. The monoisotopic (exact) mass is 620 g/mol. The minimum Gasteiger partial charge on any atom is -0.459 e. The van der Waals surface area contributed by atoms with Crippen molar-refractivity contribution in [2.45, 2.75) is 72.4 Å². The van der Waals surface area contributed by atoms with Crippen LogP contribution < -0.4 is 10.6 Å². The van der Waals surface area contributed by atoms with Gasteiger partial charge in [0.05, 0.1) is 29.5 Å². The van der Waals surface area contributed by atoms with Crippen molar-refractivity contribution in [3.8, 4) is 11.1 Å². The van der Waals surface area contributed by atoms with Gasteiger partial charge in [-0.15, -0.1) is 0 Å². The molecule has 0 fully saturated rings. The van der Waals surface area contributed by atoms with Crippen LogP contribution in [-0.2, 0) is 30.5 Å². The summed E-state index contributed by atoms with van der Waals surface area (Å²) in [6, 6.07) is 8.11. The maximum Gasteiger partial charge on any atom is 0.325 e. The molecule has 2 amide bonds. The first-order valence-corrected chi connectivity index (χ1v) is 14.6. The van der Waals surface area contributed by atoms with E-state index in [9.17, 15) is 24.0 Å². The second-order valence-electron chi connectivity index (χ2n) is 12.1. The molecule has 2 heterocycles. The zero-order valence-electron chi connectivity index (χ0n) is 26.2. The van der Waals surface area contributed by atoms with E-state index < -0.39 is 29.2 Å². The Kier molecular flexibility index (Phi) is 9.79. The van der Waals surface area contributed by atoms with Gasteiger partial charge < -0.3 is 20.2 Å². The van der Waals surface area contributed by atoms with Gasteiger partial charge in [0.25, 0.3) is 0 Å². The van der Waals surface area contributed by atoms with Gasteiger partial charge in [0.1, 0.15) is 30.3 Å². The van der Waals surface area contributed by atoms with Crippen LogP contribution in [0.1, 0.15) is 70.8 Å². The molecule has 0 saturated carbocycles. The zero-order valence-corrected chi connectivity index (χ0v) is 26.2. The van der Waals surface area contributed by atoms with E-state index in [4.69, 9.17) is 4.74 Å². The molecule has 45 heavy (non-hydrogen) atoms. The van der Waals surface area contributed by atoms with Crippen LogP contribution in [0.25, 0.3) is 32.9 Å². The summed E-state index contributed by atoms with van der Waals surface area (Å²) in [6.45, 7) is 9.52. The summed E-state index contributed by atoms with van der Waals surface area (Å²) in [7, 11) is 0. The van der Waals surface area contributed by atoms with E-state index in [0.29, 0.717) is 33.1 Å². The van der Waals surface area contributed by atoms with Crippen LogP contribution >= 0.6 is 0 Å². The maximum absolute atomic E-state index is 15.6. The molecule has 2 aromatic carbocycles. The molecule has 0 bridgehead atoms. The molecule has 0 spiro atoms. The highest BCUT2D eigenvalue weighted by Crippen LogP contribution is 2.37. The fraction of sp³-hybridized carbons (Fsp3) is 0.406. The van der Waals surface area contributed by atoms with Gasteiger partial charge in [-0.25, -0.2) is 9.07 Å². The van der Waals surface area contributed by atoms with Gasteiger partial charge in [0, 0.05) is 29.2 Å². The highest BCUT2D eigenvalue weighted by Gasteiger charge is 2.23. The predicted octanol–water partition coefficient (Wildman–Crippen LogP) is 3.90. The number of carbonyl (C=O) groups excluding carboxylic acids is 5. The third-order valence-electron chi connectivity index (χ3n) is 6.82. The van der Waals surface area contributed by atoms with Crippen LogP contribution in [0.4, 0.5) is 4.39 Å². The number of Topliss-reactive ketones (excluding diaryl/α,β-unsaturated/α-hetero) is 1. The standard InChI is InChI=1S/C32H37FN6O6/c1-18(2)31-30-21(22-13-25-20(12-23(22)33)14-36-39(25)28(43)11-10-19(3)40)8-7-9-24(30)38(37-31)17-27(42)34-15-26(41)35-16-29(44)45-32(4,5)6/h7-9,12-14,18H,10-11,15-17H2,1-6H3,(H,34,42)(H,35,41). The van der Waals surface area contributed by atoms with Crippen molar-refractivity contribution in [3.63, 3.8) is 0 Å². The summed E-state index contributed by atoms with van der Waals surface area (Å²) in [4.78, 5) is 61.0. The molecule has 0 atom stereocenters. The summed E-state index contributed by atoms with van der Waals surface area (Å²) in [5.74, 6) is -2.77. The Morgan fingerprint density at radius 1 is 0.956 bits per heavy atom. The maximum atomic E-state index is 15.6. The molecule has 4 aromatic rings. The van der Waals surface area contributed by atoms with Crippen molar-refractivity contribution < 1.29 is 33.1 Å². The fourth-order valence-electron chi connectivity index (χ4n) is 4.83. The van der Waals surface area contributed by atoms with Gasteiger partial charge in [-0.3, -0.25) is 23.9 Å². The van der Waals surface area contributed by atoms with Gasteiger partial charge in [0.2, 0.25) is 17.7 Å². The SMILES string of the molecule is CC(=O)CCC(=O)n1ncc2cc(F)c(-c3cccc4c3c(C(C)C)nn4CC(=O)NCC(=O)NCC(=O)OC(C)(C)C)cc21. The number of halogens is 1. The van der Waals surface area contributed by atoms with E-state index in [1.165, 1.54) is 28.6 Å². The van der Waals surface area contributed by atoms with E-state index >= 15 is 4.39 Å². The third kappa shape index (κ3) is 7.97. The Labute approximate surface area is 259 Å². The molecule has 13 heteroatoms.